The van der Waals surface area contributed by atoms with Crippen molar-refractivity contribution in [2.45, 2.75) is 93.8 Å². The van der Waals surface area contributed by atoms with Gasteiger partial charge in [-0.05, 0) is 78.8 Å². The number of aromatic amines is 2. The largest absolute Gasteiger partial charge is 0.362 e. The summed E-state index contributed by atoms with van der Waals surface area (Å²) in [6.45, 7) is 2.29. The van der Waals surface area contributed by atoms with E-state index in [1.165, 1.54) is 66.7 Å². The maximum atomic E-state index is 12.1. The van der Waals surface area contributed by atoms with Crippen molar-refractivity contribution in [3.63, 3.8) is 0 Å². The highest BCUT2D eigenvalue weighted by molar-refractivity contribution is 7.12. The molecule has 192 valence electrons. The number of hydrogen-bond acceptors (Lipinski definition) is 2. The molecule has 3 aromatic rings. The summed E-state index contributed by atoms with van der Waals surface area (Å²) in [6, 6.07) is 0. The molecule has 6 unspecified atom stereocenters. The average molecular weight is 519 g/mol. The van der Waals surface area contributed by atoms with Crippen LogP contribution in [0.2, 0.25) is 0 Å². The van der Waals surface area contributed by atoms with Crippen LogP contribution in [0.1, 0.15) is 145 Å². The molecule has 0 aromatic carbocycles. The summed E-state index contributed by atoms with van der Waals surface area (Å²) >= 11 is 2.08. The molecule has 38 heavy (non-hydrogen) atoms. The summed E-state index contributed by atoms with van der Waals surface area (Å²) in [5, 5.41) is 0. The fraction of sp³-hybridized carbons (Fsp3) is 0.441. The third-order valence-corrected chi connectivity index (χ3v) is 12.0. The van der Waals surface area contributed by atoms with E-state index in [9.17, 15) is 4.79 Å². The average Bonchev–Trinajstić information content (AvgIpc) is 3.66. The number of hydrogen-bond donors (Lipinski definition) is 2. The summed E-state index contributed by atoms with van der Waals surface area (Å²) in [6.07, 6.45) is 25.3. The van der Waals surface area contributed by atoms with E-state index in [-0.39, 0.29) is 0 Å². The van der Waals surface area contributed by atoms with E-state index < -0.39 is 0 Å². The number of nitrogens with one attached hydrogen (secondary N) is 2. The number of carbonyl (C=O) groups excluding carboxylic acids is 1. The summed E-state index contributed by atoms with van der Waals surface area (Å²) in [4.78, 5) is 22.7. The van der Waals surface area contributed by atoms with Crippen LogP contribution in [0.15, 0.2) is 36.5 Å². The highest BCUT2D eigenvalue weighted by Gasteiger charge is 2.39. The van der Waals surface area contributed by atoms with E-state index in [4.69, 9.17) is 0 Å². The van der Waals surface area contributed by atoms with Crippen molar-refractivity contribution in [3.05, 3.63) is 102 Å². The number of allylic oxidation sites excluding steroid dienone is 6. The molecule has 9 aliphatic carbocycles. The third-order valence-electron chi connectivity index (χ3n) is 10.8. The standard InChI is InChI=1S/C34H34N2OS/c1-17-29-18-2-4-19(5-3-18)30(29)24(35-17)14-27-33-22-10-12-23(13-11-22)34(33)28(38-27)15-25-31-20-6-8-21(9-7-20)32(31)26(16-37)36-25/h2,4,6,8,10,12,16,18-23,35-36H,3,5,7,9,11,13-15H2,1H3. The molecule has 12 rings (SSSR count). The van der Waals surface area contributed by atoms with Crippen molar-refractivity contribution in [2.24, 2.45) is 0 Å². The van der Waals surface area contributed by atoms with Gasteiger partial charge in [0.25, 0.3) is 0 Å². The minimum absolute atomic E-state index is 0.415. The van der Waals surface area contributed by atoms with Crippen LogP contribution in [0, 0.1) is 6.92 Å². The van der Waals surface area contributed by atoms with Gasteiger partial charge in [-0.1, -0.05) is 36.5 Å². The zero-order valence-electron chi connectivity index (χ0n) is 22.0. The van der Waals surface area contributed by atoms with Gasteiger partial charge in [0.1, 0.15) is 0 Å². The zero-order valence-corrected chi connectivity index (χ0v) is 22.8. The molecule has 0 fully saturated rings. The topological polar surface area (TPSA) is 48.6 Å². The molecule has 0 spiro atoms. The minimum Gasteiger partial charge on any atom is -0.362 e. The van der Waals surface area contributed by atoms with Crippen molar-refractivity contribution < 1.29 is 4.79 Å². The summed E-state index contributed by atoms with van der Waals surface area (Å²) in [7, 11) is 0. The van der Waals surface area contributed by atoms with Gasteiger partial charge in [-0.15, -0.1) is 11.3 Å². The molecule has 0 aliphatic heterocycles. The Hall–Kier alpha value is -2.85. The Morgan fingerprint density at radius 1 is 0.632 bits per heavy atom. The number of aldehydes is 1. The second kappa shape index (κ2) is 7.85. The van der Waals surface area contributed by atoms with Crippen LogP contribution in [0.4, 0.5) is 0 Å². The van der Waals surface area contributed by atoms with E-state index >= 15 is 0 Å². The van der Waals surface area contributed by atoms with E-state index in [2.05, 4.69) is 64.7 Å². The first-order valence-electron chi connectivity index (χ1n) is 14.8. The monoisotopic (exact) mass is 518 g/mol. The van der Waals surface area contributed by atoms with Crippen LogP contribution < -0.4 is 0 Å². The second-order valence-electron chi connectivity index (χ2n) is 12.7. The van der Waals surface area contributed by atoms with E-state index in [1.807, 2.05) is 0 Å². The zero-order chi connectivity index (χ0) is 25.1. The molecular formula is C34H34N2OS. The summed E-state index contributed by atoms with van der Waals surface area (Å²) in [5.41, 5.74) is 14.3. The van der Waals surface area contributed by atoms with Crippen LogP contribution in [0.5, 0.6) is 0 Å². The molecule has 3 nitrogen and oxygen atoms in total. The van der Waals surface area contributed by atoms with E-state index in [0.29, 0.717) is 35.5 Å². The first-order valence-corrected chi connectivity index (χ1v) is 15.6. The fourth-order valence-corrected chi connectivity index (χ4v) is 10.8. The molecule has 2 N–H and O–H groups in total. The van der Waals surface area contributed by atoms with Gasteiger partial charge < -0.3 is 9.97 Å². The number of H-pyrrole nitrogens is 2. The van der Waals surface area contributed by atoms with Gasteiger partial charge in [0.05, 0.1) is 5.69 Å². The molecule has 3 aromatic heterocycles. The third kappa shape index (κ3) is 2.88. The number of thiophene rings is 1. The van der Waals surface area contributed by atoms with Crippen LogP contribution in [0.25, 0.3) is 0 Å². The Balaban J connectivity index is 1.15. The van der Waals surface area contributed by atoms with Gasteiger partial charge in [0, 0.05) is 75.2 Å². The lowest BCUT2D eigenvalue weighted by atomic mass is 9.70. The second-order valence-corrected chi connectivity index (χ2v) is 13.9. The van der Waals surface area contributed by atoms with Crippen LogP contribution in [-0.2, 0) is 12.8 Å². The predicted octanol–water partition coefficient (Wildman–Crippen LogP) is 8.30. The molecule has 0 radical (unpaired) electrons. The van der Waals surface area contributed by atoms with Crippen molar-refractivity contribution in [1.82, 2.24) is 9.97 Å². The van der Waals surface area contributed by atoms with Crippen molar-refractivity contribution in [1.29, 1.82) is 0 Å². The molecule has 0 saturated heterocycles. The van der Waals surface area contributed by atoms with E-state index in [1.54, 1.807) is 32.0 Å². The summed E-state index contributed by atoms with van der Waals surface area (Å²) < 4.78 is 0. The SMILES string of the molecule is Cc1[nH]c(Cc2sc(Cc3[nH]c(C=O)c4c3C3C=CC4CC3)c3c2C2C=CC3CC2)c2c1C1C=CC2CC1. The maximum Gasteiger partial charge on any atom is 0.166 e. The number of carbonyl (C=O) groups is 1. The first-order chi connectivity index (χ1) is 18.7. The lowest BCUT2D eigenvalue weighted by Crippen LogP contribution is -2.19. The number of fused-ring (bicyclic) bond motifs is 3. The molecule has 6 atom stereocenters. The maximum absolute atomic E-state index is 12.1. The molecule has 0 amide bonds. The number of aromatic nitrogens is 2. The summed E-state index contributed by atoms with van der Waals surface area (Å²) in [5.74, 6) is 3.22. The normalized spacial score (nSPS) is 30.7. The van der Waals surface area contributed by atoms with Crippen molar-refractivity contribution in [3.8, 4) is 0 Å². The predicted molar refractivity (Wildman–Crippen MR) is 153 cm³/mol. The lowest BCUT2D eigenvalue weighted by Gasteiger charge is -2.34. The quantitative estimate of drug-likeness (QED) is 0.259. The Bertz CT molecular complexity index is 1610. The van der Waals surface area contributed by atoms with Gasteiger partial charge in [0.2, 0.25) is 0 Å². The Labute approximate surface area is 228 Å². The molecule has 3 heterocycles. The van der Waals surface area contributed by atoms with Crippen LogP contribution >= 0.6 is 11.3 Å². The molecule has 9 aliphatic rings. The first kappa shape index (κ1) is 22.0. The fourth-order valence-electron chi connectivity index (χ4n) is 9.29. The molecule has 4 heteroatoms. The minimum atomic E-state index is 0.415. The molecule has 0 saturated carbocycles. The molecular weight excluding hydrogens is 484 g/mol. The Morgan fingerprint density at radius 2 is 1.05 bits per heavy atom. The highest BCUT2D eigenvalue weighted by Crippen LogP contribution is 2.54. The van der Waals surface area contributed by atoms with Crippen molar-refractivity contribution >= 4 is 17.6 Å². The van der Waals surface area contributed by atoms with Crippen molar-refractivity contribution in [2.75, 3.05) is 0 Å². The van der Waals surface area contributed by atoms with Gasteiger partial charge in [-0.3, -0.25) is 4.79 Å². The van der Waals surface area contributed by atoms with Crippen LogP contribution in [-0.4, -0.2) is 16.3 Å². The molecule has 6 bridgehead atoms. The van der Waals surface area contributed by atoms with Crippen LogP contribution in [0.3, 0.4) is 0 Å². The van der Waals surface area contributed by atoms with E-state index in [0.717, 1.165) is 24.8 Å². The number of rotatable bonds is 5. The lowest BCUT2D eigenvalue weighted by molar-refractivity contribution is 0.111. The van der Waals surface area contributed by atoms with Gasteiger partial charge in [-0.25, -0.2) is 0 Å². The van der Waals surface area contributed by atoms with Gasteiger partial charge >= 0.3 is 0 Å². The highest BCUT2D eigenvalue weighted by atomic mass is 32.1. The Morgan fingerprint density at radius 3 is 1.55 bits per heavy atom. The number of aryl methyl sites for hydroxylation is 1. The van der Waals surface area contributed by atoms with Gasteiger partial charge in [0.15, 0.2) is 6.29 Å². The van der Waals surface area contributed by atoms with Gasteiger partial charge in [-0.2, -0.15) is 0 Å². The Kier molecular flexibility index (Phi) is 4.55. The smallest absolute Gasteiger partial charge is 0.166 e.